The molecule has 7 nitrogen and oxygen atoms in total. The van der Waals surface area contributed by atoms with Crippen LogP contribution in [0.5, 0.6) is 0 Å². The minimum absolute atomic E-state index is 0.0311. The number of halogens is 4. The van der Waals surface area contributed by atoms with E-state index in [1.165, 1.54) is 36.1 Å². The summed E-state index contributed by atoms with van der Waals surface area (Å²) < 4.78 is 69.4. The number of nitrogens with one attached hydrogen (secondary N) is 1. The number of aryl methyl sites for hydroxylation is 2. The van der Waals surface area contributed by atoms with Crippen LogP contribution in [0.4, 0.5) is 18.9 Å². The van der Waals surface area contributed by atoms with Crippen LogP contribution in [-0.4, -0.2) is 44.3 Å². The molecule has 1 atom stereocenters. The monoisotopic (exact) mass is 609 g/mol. The number of alkyl halides is 3. The van der Waals surface area contributed by atoms with Crippen LogP contribution in [-0.2, 0) is 32.3 Å². The molecular weight excluding hydrogens is 579 g/mol. The lowest BCUT2D eigenvalue weighted by molar-refractivity contribution is -0.139. The van der Waals surface area contributed by atoms with Crippen LogP contribution in [0.15, 0.2) is 71.6 Å². The Morgan fingerprint density at radius 1 is 1.00 bits per heavy atom. The number of sulfonamides is 1. The van der Waals surface area contributed by atoms with Crippen molar-refractivity contribution in [2.45, 2.75) is 51.4 Å². The van der Waals surface area contributed by atoms with Crippen molar-refractivity contribution in [3.63, 3.8) is 0 Å². The van der Waals surface area contributed by atoms with Gasteiger partial charge in [-0.3, -0.25) is 13.9 Å². The van der Waals surface area contributed by atoms with E-state index in [1.54, 1.807) is 26.0 Å². The number of likely N-dealkylation sites (N-methyl/N-ethyl adjacent to an activating group) is 1. The highest BCUT2D eigenvalue weighted by molar-refractivity contribution is 7.92. The number of hydrogen-bond acceptors (Lipinski definition) is 4. The zero-order valence-corrected chi connectivity index (χ0v) is 24.6. The normalized spacial score (nSPS) is 12.5. The van der Waals surface area contributed by atoms with E-state index >= 15 is 0 Å². The molecule has 0 aliphatic rings. The molecule has 12 heteroatoms. The van der Waals surface area contributed by atoms with Crippen molar-refractivity contribution in [1.29, 1.82) is 0 Å². The van der Waals surface area contributed by atoms with Crippen molar-refractivity contribution in [2.24, 2.45) is 0 Å². The number of nitrogens with zero attached hydrogens (tertiary/aromatic N) is 2. The molecule has 1 unspecified atom stereocenters. The molecule has 3 aromatic carbocycles. The summed E-state index contributed by atoms with van der Waals surface area (Å²) in [4.78, 5) is 27.6. The molecular formula is C29H31ClF3N3O4S. The Balaban J connectivity index is 2.14. The van der Waals surface area contributed by atoms with Crippen molar-refractivity contribution < 1.29 is 31.2 Å². The van der Waals surface area contributed by atoms with Crippen molar-refractivity contribution >= 4 is 39.1 Å². The van der Waals surface area contributed by atoms with Gasteiger partial charge in [0.2, 0.25) is 11.8 Å². The van der Waals surface area contributed by atoms with E-state index in [0.717, 1.165) is 28.8 Å². The number of carbonyl (C=O) groups is 2. The predicted octanol–water partition coefficient (Wildman–Crippen LogP) is 5.72. The maximum atomic E-state index is 13.9. The molecule has 3 rings (SSSR count). The molecule has 0 saturated carbocycles. The maximum absolute atomic E-state index is 13.9. The third-order valence-electron chi connectivity index (χ3n) is 6.55. The number of amides is 2. The first-order valence-corrected chi connectivity index (χ1v) is 14.6. The second kappa shape index (κ2) is 12.9. The highest BCUT2D eigenvalue weighted by Gasteiger charge is 2.37. The summed E-state index contributed by atoms with van der Waals surface area (Å²) in [5.74, 6) is -1.25. The molecule has 0 aliphatic heterocycles. The molecule has 2 amide bonds. The first kappa shape index (κ1) is 32.0. The van der Waals surface area contributed by atoms with Gasteiger partial charge in [0.05, 0.1) is 21.2 Å². The number of benzene rings is 3. The van der Waals surface area contributed by atoms with Crippen LogP contribution in [0.1, 0.15) is 36.1 Å². The van der Waals surface area contributed by atoms with Gasteiger partial charge in [0.25, 0.3) is 10.0 Å². The summed E-state index contributed by atoms with van der Waals surface area (Å²) in [6.45, 7) is 6.20. The summed E-state index contributed by atoms with van der Waals surface area (Å²) in [6, 6.07) is 14.5. The number of carbonyl (C=O) groups excluding carboxylic acids is 2. The van der Waals surface area contributed by atoms with Crippen LogP contribution in [0, 0.1) is 13.8 Å². The van der Waals surface area contributed by atoms with Crippen LogP contribution in [0.25, 0.3) is 0 Å². The second-order valence-corrected chi connectivity index (χ2v) is 11.8. The summed E-state index contributed by atoms with van der Waals surface area (Å²) >= 11 is 5.79. The summed E-state index contributed by atoms with van der Waals surface area (Å²) in [5, 5.41) is 2.03. The Hall–Kier alpha value is -3.57. The van der Waals surface area contributed by atoms with Crippen molar-refractivity contribution in [1.82, 2.24) is 10.2 Å². The summed E-state index contributed by atoms with van der Waals surface area (Å²) in [6.07, 6.45) is -4.87. The average Bonchev–Trinajstić information content (AvgIpc) is 2.91. The summed E-state index contributed by atoms with van der Waals surface area (Å²) in [7, 11) is -4.54. The molecule has 0 saturated heterocycles. The maximum Gasteiger partial charge on any atom is 0.417 e. The Morgan fingerprint density at radius 3 is 2.22 bits per heavy atom. The summed E-state index contributed by atoms with van der Waals surface area (Å²) in [5.41, 5.74) is 0.663. The Morgan fingerprint density at radius 2 is 1.63 bits per heavy atom. The van der Waals surface area contributed by atoms with Gasteiger partial charge in [-0.1, -0.05) is 53.6 Å². The van der Waals surface area contributed by atoms with Crippen molar-refractivity contribution in [3.8, 4) is 0 Å². The predicted molar refractivity (Wildman–Crippen MR) is 152 cm³/mol. The van der Waals surface area contributed by atoms with Gasteiger partial charge < -0.3 is 10.2 Å². The topological polar surface area (TPSA) is 86.8 Å². The van der Waals surface area contributed by atoms with Gasteiger partial charge in [-0.2, -0.15) is 13.2 Å². The number of anilines is 1. The Kier molecular flexibility index (Phi) is 10.1. The van der Waals surface area contributed by atoms with Crippen molar-refractivity contribution in [2.75, 3.05) is 17.4 Å². The third kappa shape index (κ3) is 7.59. The zero-order valence-electron chi connectivity index (χ0n) is 23.0. The van der Waals surface area contributed by atoms with Gasteiger partial charge in [0, 0.05) is 13.1 Å². The van der Waals surface area contributed by atoms with Crippen LogP contribution in [0.3, 0.4) is 0 Å². The van der Waals surface area contributed by atoms with Crippen LogP contribution in [0.2, 0.25) is 5.02 Å². The van der Waals surface area contributed by atoms with E-state index in [0.29, 0.717) is 16.9 Å². The lowest BCUT2D eigenvalue weighted by atomic mass is 10.1. The Labute approximate surface area is 243 Å². The van der Waals surface area contributed by atoms with E-state index < -0.39 is 56.9 Å². The molecule has 3 aromatic rings. The standard InChI is InChI=1S/C29H31ClF3N3O4S/c1-5-34-28(38)21(4)35(17-22-9-7-6-8-20(22)3)27(37)18-36(41(39,40)24-13-10-19(2)11-14-24)23-12-15-26(30)25(16-23)29(31,32)33/h6-16,21H,5,17-18H2,1-4H3,(H,34,38). The minimum atomic E-state index is -4.87. The molecule has 0 heterocycles. The average molecular weight is 610 g/mol. The molecule has 0 radical (unpaired) electrons. The molecule has 41 heavy (non-hydrogen) atoms. The molecule has 0 aliphatic carbocycles. The lowest BCUT2D eigenvalue weighted by Crippen LogP contribution is -2.51. The van der Waals surface area contributed by atoms with E-state index in [4.69, 9.17) is 11.6 Å². The van der Waals surface area contributed by atoms with E-state index in [-0.39, 0.29) is 11.4 Å². The quantitative estimate of drug-likeness (QED) is 0.318. The molecule has 1 N–H and O–H groups in total. The number of hydrogen-bond donors (Lipinski definition) is 1. The molecule has 0 spiro atoms. The fourth-order valence-electron chi connectivity index (χ4n) is 4.13. The highest BCUT2D eigenvalue weighted by atomic mass is 35.5. The fourth-order valence-corrected chi connectivity index (χ4v) is 5.76. The smallest absolute Gasteiger partial charge is 0.355 e. The number of rotatable bonds is 10. The van der Waals surface area contributed by atoms with E-state index in [2.05, 4.69) is 5.32 Å². The third-order valence-corrected chi connectivity index (χ3v) is 8.67. The first-order valence-electron chi connectivity index (χ1n) is 12.7. The van der Waals surface area contributed by atoms with Crippen molar-refractivity contribution in [3.05, 3.63) is 94.0 Å². The van der Waals surface area contributed by atoms with Gasteiger partial charge in [-0.25, -0.2) is 8.42 Å². The highest BCUT2D eigenvalue weighted by Crippen LogP contribution is 2.38. The van der Waals surface area contributed by atoms with E-state index in [9.17, 15) is 31.2 Å². The fraction of sp³-hybridized carbons (Fsp3) is 0.310. The van der Waals surface area contributed by atoms with Gasteiger partial charge in [-0.15, -0.1) is 0 Å². The van der Waals surface area contributed by atoms with Crippen LogP contribution >= 0.6 is 11.6 Å². The largest absolute Gasteiger partial charge is 0.417 e. The Bertz CT molecular complexity index is 1510. The van der Waals surface area contributed by atoms with Crippen LogP contribution < -0.4 is 9.62 Å². The molecule has 0 fully saturated rings. The zero-order chi connectivity index (χ0) is 30.5. The molecule has 220 valence electrons. The van der Waals surface area contributed by atoms with Gasteiger partial charge >= 0.3 is 6.18 Å². The van der Waals surface area contributed by atoms with E-state index in [1.807, 2.05) is 19.1 Å². The lowest BCUT2D eigenvalue weighted by Gasteiger charge is -2.32. The SMILES string of the molecule is CCNC(=O)C(C)N(Cc1ccccc1C)C(=O)CN(c1ccc(Cl)c(C(F)(F)F)c1)S(=O)(=O)c1ccc(C)cc1. The molecule has 0 aromatic heterocycles. The minimum Gasteiger partial charge on any atom is -0.355 e. The first-order chi connectivity index (χ1) is 19.2. The van der Waals surface area contributed by atoms with Gasteiger partial charge in [-0.05, 0) is 69.2 Å². The van der Waals surface area contributed by atoms with Gasteiger partial charge in [0.15, 0.2) is 0 Å². The van der Waals surface area contributed by atoms with Gasteiger partial charge in [0.1, 0.15) is 12.6 Å². The second-order valence-electron chi connectivity index (χ2n) is 9.51. The molecule has 0 bridgehead atoms.